The fourth-order valence-electron chi connectivity index (χ4n) is 3.98. The quantitative estimate of drug-likeness (QED) is 0.559. The van der Waals surface area contributed by atoms with Gasteiger partial charge in [-0.3, -0.25) is 9.59 Å². The van der Waals surface area contributed by atoms with Crippen LogP contribution in [-0.2, 0) is 18.8 Å². The van der Waals surface area contributed by atoms with Crippen LogP contribution in [0, 0.1) is 5.92 Å². The Bertz CT molecular complexity index is 543. The second-order valence-electron chi connectivity index (χ2n) is 9.87. The van der Waals surface area contributed by atoms with Crippen LogP contribution in [0.5, 0.6) is 0 Å². The van der Waals surface area contributed by atoms with Crippen molar-refractivity contribution in [3.05, 3.63) is 0 Å². The molecule has 0 aromatic heterocycles. The second kappa shape index (κ2) is 7.36. The van der Waals surface area contributed by atoms with E-state index in [0.717, 1.165) is 0 Å². The maximum atomic E-state index is 12.5. The third kappa shape index (κ3) is 4.23. The first-order chi connectivity index (χ1) is 11.8. The molecule has 2 fully saturated rings. The van der Waals surface area contributed by atoms with Crippen molar-refractivity contribution < 1.29 is 18.8 Å². The van der Waals surface area contributed by atoms with Crippen LogP contribution >= 0.6 is 0 Å². The summed E-state index contributed by atoms with van der Waals surface area (Å²) in [5.41, 5.74) is -0.453. The summed E-state index contributed by atoms with van der Waals surface area (Å²) in [5.74, 6) is 0.127. The van der Waals surface area contributed by atoms with Gasteiger partial charge in [-0.15, -0.1) is 0 Å². The van der Waals surface area contributed by atoms with Crippen LogP contribution < -0.4 is 5.32 Å². The molecule has 3 atom stereocenters. The average Bonchev–Trinajstić information content (AvgIpc) is 2.45. The molecule has 1 amide bonds. The number of carbonyl (C=O) groups is 2. The summed E-state index contributed by atoms with van der Waals surface area (Å²) in [5, 5.41) is 3.19. The molecule has 1 saturated heterocycles. The molecular formula is C20H37NO4Si. The van der Waals surface area contributed by atoms with Gasteiger partial charge in [0.2, 0.25) is 5.91 Å². The van der Waals surface area contributed by atoms with E-state index in [4.69, 9.17) is 9.16 Å². The van der Waals surface area contributed by atoms with Crippen molar-refractivity contribution in [1.82, 2.24) is 5.32 Å². The minimum absolute atomic E-state index is 0.0461. The van der Waals surface area contributed by atoms with E-state index in [2.05, 4.69) is 39.2 Å². The molecule has 26 heavy (non-hydrogen) atoms. The van der Waals surface area contributed by atoms with E-state index in [0.29, 0.717) is 31.5 Å². The van der Waals surface area contributed by atoms with Crippen LogP contribution in [0.25, 0.3) is 0 Å². The van der Waals surface area contributed by atoms with E-state index in [-0.39, 0.29) is 35.1 Å². The molecule has 1 heterocycles. The Balaban J connectivity index is 2.20. The highest BCUT2D eigenvalue weighted by Gasteiger charge is 2.57. The van der Waals surface area contributed by atoms with Gasteiger partial charge < -0.3 is 14.5 Å². The van der Waals surface area contributed by atoms with E-state index in [9.17, 15) is 9.59 Å². The summed E-state index contributed by atoms with van der Waals surface area (Å²) in [6, 6.07) is -0.0785. The lowest BCUT2D eigenvalue weighted by molar-refractivity contribution is -0.177. The molecule has 2 rings (SSSR count). The number of Topliss-reactive ketones (excluding diaryl/α,β-unsaturated/α-hetero) is 1. The molecule has 0 aromatic carbocycles. The Morgan fingerprint density at radius 2 is 1.65 bits per heavy atom. The number of carbonyl (C=O) groups excluding carboxylic acids is 2. The van der Waals surface area contributed by atoms with Crippen molar-refractivity contribution in [2.75, 3.05) is 0 Å². The number of ketones is 1. The first-order valence-corrected chi connectivity index (χ1v) is 12.9. The number of ether oxygens (including phenoxy) is 1. The lowest BCUT2D eigenvalue weighted by Gasteiger charge is -2.54. The van der Waals surface area contributed by atoms with Crippen molar-refractivity contribution in [3.8, 4) is 0 Å². The van der Waals surface area contributed by atoms with Gasteiger partial charge in [0.1, 0.15) is 5.78 Å². The van der Waals surface area contributed by atoms with Crippen LogP contribution in [0.1, 0.15) is 67.2 Å². The largest absolute Gasteiger partial charge is 0.413 e. The number of amides is 1. The van der Waals surface area contributed by atoms with Crippen LogP contribution in [0.2, 0.25) is 18.1 Å². The zero-order valence-electron chi connectivity index (χ0n) is 17.8. The third-order valence-electron chi connectivity index (χ3n) is 6.44. The SMILES string of the molecule is CC(C)OC1(C2NC(=O)C2[C@@H](C)O[Si](C)(C)C(C)(C)C)CCC(=O)CC1. The first kappa shape index (κ1) is 21.6. The van der Waals surface area contributed by atoms with Crippen LogP contribution in [0.3, 0.4) is 0 Å². The van der Waals surface area contributed by atoms with Gasteiger partial charge in [0.05, 0.1) is 29.8 Å². The number of β-lactam (4-membered cyclic amide) rings is 1. The monoisotopic (exact) mass is 383 g/mol. The zero-order chi connectivity index (χ0) is 19.9. The molecule has 0 aromatic rings. The number of hydrogen-bond donors (Lipinski definition) is 1. The molecule has 0 spiro atoms. The summed E-state index contributed by atoms with van der Waals surface area (Å²) in [7, 11) is -1.96. The van der Waals surface area contributed by atoms with Crippen molar-refractivity contribution in [1.29, 1.82) is 0 Å². The fourth-order valence-corrected chi connectivity index (χ4v) is 5.41. The average molecular weight is 384 g/mol. The van der Waals surface area contributed by atoms with Gasteiger partial charge in [-0.05, 0) is 51.7 Å². The van der Waals surface area contributed by atoms with E-state index in [1.165, 1.54) is 0 Å². The topological polar surface area (TPSA) is 64.6 Å². The predicted octanol–water partition coefficient (Wildman–Crippen LogP) is 3.82. The summed E-state index contributed by atoms with van der Waals surface area (Å²) >= 11 is 0. The van der Waals surface area contributed by atoms with Crippen LogP contribution in [0.15, 0.2) is 0 Å². The Hall–Kier alpha value is -0.723. The normalized spacial score (nSPS) is 27.9. The maximum absolute atomic E-state index is 12.5. The molecule has 0 bridgehead atoms. The Kier molecular flexibility index (Phi) is 6.11. The van der Waals surface area contributed by atoms with Gasteiger partial charge in [-0.2, -0.15) is 0 Å². The molecule has 6 heteroatoms. The van der Waals surface area contributed by atoms with Crippen LogP contribution in [-0.4, -0.2) is 43.9 Å². The first-order valence-electron chi connectivity index (χ1n) is 9.97. The number of hydrogen-bond acceptors (Lipinski definition) is 4. The molecular weight excluding hydrogens is 346 g/mol. The molecule has 2 aliphatic rings. The summed E-state index contributed by atoms with van der Waals surface area (Å²) in [4.78, 5) is 24.2. The second-order valence-corrected chi connectivity index (χ2v) is 14.6. The molecule has 150 valence electrons. The third-order valence-corrected chi connectivity index (χ3v) is 11.0. The highest BCUT2D eigenvalue weighted by atomic mass is 28.4. The van der Waals surface area contributed by atoms with Crippen molar-refractivity contribution in [3.63, 3.8) is 0 Å². The van der Waals surface area contributed by atoms with E-state index >= 15 is 0 Å². The summed E-state index contributed by atoms with van der Waals surface area (Å²) < 4.78 is 12.9. The van der Waals surface area contributed by atoms with Crippen LogP contribution in [0.4, 0.5) is 0 Å². The highest BCUT2D eigenvalue weighted by molar-refractivity contribution is 6.74. The van der Waals surface area contributed by atoms with Gasteiger partial charge >= 0.3 is 0 Å². The van der Waals surface area contributed by atoms with Gasteiger partial charge in [0.15, 0.2) is 8.32 Å². The minimum atomic E-state index is -1.96. The molecule has 0 radical (unpaired) electrons. The molecule has 2 unspecified atom stereocenters. The lowest BCUT2D eigenvalue weighted by atomic mass is 9.68. The van der Waals surface area contributed by atoms with Gasteiger partial charge in [-0.25, -0.2) is 0 Å². The predicted molar refractivity (Wildman–Crippen MR) is 106 cm³/mol. The summed E-state index contributed by atoms with van der Waals surface area (Å²) in [6.07, 6.45) is 2.32. The Morgan fingerprint density at radius 3 is 2.08 bits per heavy atom. The van der Waals surface area contributed by atoms with Gasteiger partial charge in [-0.1, -0.05) is 20.8 Å². The van der Waals surface area contributed by atoms with E-state index in [1.54, 1.807) is 0 Å². The Labute approximate surface area is 159 Å². The fraction of sp³-hybridized carbons (Fsp3) is 0.900. The number of nitrogens with one attached hydrogen (secondary N) is 1. The van der Waals surface area contributed by atoms with E-state index < -0.39 is 13.9 Å². The smallest absolute Gasteiger partial charge is 0.228 e. The zero-order valence-corrected chi connectivity index (χ0v) is 18.8. The van der Waals surface area contributed by atoms with Crippen molar-refractivity contribution >= 4 is 20.0 Å². The van der Waals surface area contributed by atoms with Gasteiger partial charge in [0.25, 0.3) is 0 Å². The minimum Gasteiger partial charge on any atom is -0.413 e. The molecule has 1 aliphatic carbocycles. The maximum Gasteiger partial charge on any atom is 0.228 e. The summed E-state index contributed by atoms with van der Waals surface area (Å²) in [6.45, 7) is 17.1. The molecule has 5 nitrogen and oxygen atoms in total. The highest BCUT2D eigenvalue weighted by Crippen LogP contribution is 2.44. The lowest BCUT2D eigenvalue weighted by Crippen LogP contribution is -2.73. The molecule has 1 saturated carbocycles. The Morgan fingerprint density at radius 1 is 1.12 bits per heavy atom. The van der Waals surface area contributed by atoms with E-state index in [1.807, 2.05) is 20.8 Å². The molecule has 1 aliphatic heterocycles. The standard InChI is InChI=1S/C20H37NO4Si/c1-13(2)24-20(11-9-15(22)10-12-20)17-16(18(23)21-17)14(3)25-26(7,8)19(4,5)6/h13-14,16-17H,9-12H2,1-8H3,(H,21,23)/t14-,16?,17?/m1/s1. The van der Waals surface area contributed by atoms with Crippen molar-refractivity contribution in [2.45, 2.75) is 109 Å². The number of rotatable bonds is 6. The molecule has 1 N–H and O–H groups in total. The van der Waals surface area contributed by atoms with Gasteiger partial charge in [0, 0.05) is 12.8 Å². The van der Waals surface area contributed by atoms with Crippen molar-refractivity contribution in [2.24, 2.45) is 5.92 Å².